The van der Waals surface area contributed by atoms with E-state index in [9.17, 15) is 8.42 Å². The standard InChI is InChI=1S/C15H27N3O2S/c1-3-13(12-16)17-7-9-18(10-8-17)14-5-4-6-15(11-14)21(2,19)20/h13-15H,3-11H2,1-2H3. The summed E-state index contributed by atoms with van der Waals surface area (Å²) < 4.78 is 23.5. The Labute approximate surface area is 128 Å². The molecular formula is C15H27N3O2S. The van der Waals surface area contributed by atoms with E-state index in [2.05, 4.69) is 22.8 Å². The molecule has 0 amide bonds. The van der Waals surface area contributed by atoms with E-state index >= 15 is 0 Å². The Kier molecular flexibility index (Phi) is 5.64. The van der Waals surface area contributed by atoms with Crippen LogP contribution in [0.5, 0.6) is 0 Å². The van der Waals surface area contributed by atoms with Gasteiger partial charge in [0.25, 0.3) is 0 Å². The van der Waals surface area contributed by atoms with Crippen molar-refractivity contribution in [1.82, 2.24) is 9.80 Å². The van der Waals surface area contributed by atoms with Crippen LogP contribution >= 0.6 is 0 Å². The van der Waals surface area contributed by atoms with Gasteiger partial charge in [-0.1, -0.05) is 13.3 Å². The summed E-state index contributed by atoms with van der Waals surface area (Å²) in [5, 5.41) is 8.99. The smallest absolute Gasteiger partial charge is 0.150 e. The summed E-state index contributed by atoms with van der Waals surface area (Å²) in [5.74, 6) is 0. The molecule has 0 N–H and O–H groups in total. The molecule has 3 atom stereocenters. The first-order chi connectivity index (χ1) is 9.95. The molecule has 0 aromatic rings. The number of sulfone groups is 1. The van der Waals surface area contributed by atoms with E-state index in [1.807, 2.05) is 0 Å². The summed E-state index contributed by atoms with van der Waals surface area (Å²) in [5.41, 5.74) is 0. The van der Waals surface area contributed by atoms with Crippen LogP contribution in [-0.2, 0) is 9.84 Å². The summed E-state index contributed by atoms with van der Waals surface area (Å²) in [4.78, 5) is 4.70. The second kappa shape index (κ2) is 7.08. The fraction of sp³-hybridized carbons (Fsp3) is 0.933. The van der Waals surface area contributed by atoms with Crippen LogP contribution in [0.15, 0.2) is 0 Å². The maximum absolute atomic E-state index is 11.8. The molecule has 2 fully saturated rings. The molecule has 5 nitrogen and oxygen atoms in total. The van der Waals surface area contributed by atoms with Crippen LogP contribution in [0.3, 0.4) is 0 Å². The van der Waals surface area contributed by atoms with Crippen molar-refractivity contribution in [1.29, 1.82) is 5.26 Å². The molecule has 2 rings (SSSR count). The quantitative estimate of drug-likeness (QED) is 0.782. The minimum atomic E-state index is -2.91. The molecule has 120 valence electrons. The van der Waals surface area contributed by atoms with Gasteiger partial charge in [-0.2, -0.15) is 5.26 Å². The average Bonchev–Trinajstić information content (AvgIpc) is 2.48. The lowest BCUT2D eigenvalue weighted by molar-refractivity contribution is 0.0676. The van der Waals surface area contributed by atoms with E-state index in [-0.39, 0.29) is 11.3 Å². The lowest BCUT2D eigenvalue weighted by Gasteiger charge is -2.43. The summed E-state index contributed by atoms with van der Waals surface area (Å²) in [7, 11) is -2.91. The van der Waals surface area contributed by atoms with Gasteiger partial charge in [0.1, 0.15) is 9.84 Å². The number of hydrogen-bond acceptors (Lipinski definition) is 5. The Morgan fingerprint density at radius 3 is 2.43 bits per heavy atom. The fourth-order valence-electron chi connectivity index (χ4n) is 3.69. The van der Waals surface area contributed by atoms with E-state index in [0.29, 0.717) is 6.04 Å². The highest BCUT2D eigenvalue weighted by atomic mass is 32.2. The number of rotatable bonds is 4. The largest absolute Gasteiger partial charge is 0.298 e. The molecule has 1 heterocycles. The van der Waals surface area contributed by atoms with E-state index in [1.54, 1.807) is 0 Å². The Hall–Kier alpha value is -0.640. The van der Waals surface area contributed by atoms with Gasteiger partial charge in [-0.15, -0.1) is 0 Å². The Morgan fingerprint density at radius 2 is 1.90 bits per heavy atom. The van der Waals surface area contributed by atoms with Crippen LogP contribution < -0.4 is 0 Å². The molecule has 1 aliphatic heterocycles. The monoisotopic (exact) mass is 313 g/mol. The summed E-state index contributed by atoms with van der Waals surface area (Å²) >= 11 is 0. The van der Waals surface area contributed by atoms with Gasteiger partial charge in [0, 0.05) is 38.5 Å². The van der Waals surface area contributed by atoms with Crippen LogP contribution in [0, 0.1) is 11.3 Å². The molecule has 0 aromatic carbocycles. The Morgan fingerprint density at radius 1 is 1.24 bits per heavy atom. The van der Waals surface area contributed by atoms with Gasteiger partial charge in [-0.25, -0.2) is 8.42 Å². The lowest BCUT2D eigenvalue weighted by atomic mass is 9.93. The first kappa shape index (κ1) is 16.7. The van der Waals surface area contributed by atoms with Crippen molar-refractivity contribution < 1.29 is 8.42 Å². The van der Waals surface area contributed by atoms with Crippen LogP contribution in [0.25, 0.3) is 0 Å². The maximum atomic E-state index is 11.8. The van der Waals surface area contributed by atoms with Crippen molar-refractivity contribution >= 4 is 9.84 Å². The lowest BCUT2D eigenvalue weighted by Crippen LogP contribution is -2.54. The Bertz CT molecular complexity index is 478. The molecule has 0 bridgehead atoms. The number of hydrogen-bond donors (Lipinski definition) is 0. The van der Waals surface area contributed by atoms with Gasteiger partial charge in [-0.05, 0) is 25.7 Å². The zero-order chi connectivity index (χ0) is 15.5. The Balaban J connectivity index is 1.89. The van der Waals surface area contributed by atoms with Crippen molar-refractivity contribution in [3.05, 3.63) is 0 Å². The first-order valence-electron chi connectivity index (χ1n) is 8.02. The topological polar surface area (TPSA) is 64.4 Å². The molecular weight excluding hydrogens is 286 g/mol. The van der Waals surface area contributed by atoms with Crippen LogP contribution in [0.1, 0.15) is 39.0 Å². The van der Waals surface area contributed by atoms with Crippen LogP contribution in [0.4, 0.5) is 0 Å². The molecule has 0 spiro atoms. The molecule has 2 aliphatic rings. The van der Waals surface area contributed by atoms with E-state index in [4.69, 9.17) is 5.26 Å². The van der Waals surface area contributed by atoms with Crippen LogP contribution in [-0.4, -0.2) is 68.0 Å². The van der Waals surface area contributed by atoms with E-state index < -0.39 is 9.84 Å². The molecule has 1 saturated heterocycles. The van der Waals surface area contributed by atoms with Crippen molar-refractivity contribution in [3.8, 4) is 6.07 Å². The second-order valence-electron chi connectivity index (χ2n) is 6.40. The highest BCUT2D eigenvalue weighted by molar-refractivity contribution is 7.91. The van der Waals surface area contributed by atoms with Gasteiger partial charge in [0.05, 0.1) is 17.4 Å². The molecule has 0 radical (unpaired) electrons. The van der Waals surface area contributed by atoms with Gasteiger partial charge in [0.2, 0.25) is 0 Å². The summed E-state index contributed by atoms with van der Waals surface area (Å²) in [6.07, 6.45) is 5.97. The van der Waals surface area contributed by atoms with Gasteiger partial charge >= 0.3 is 0 Å². The normalized spacial score (nSPS) is 30.7. The number of nitrogens with zero attached hydrogens (tertiary/aromatic N) is 3. The fourth-order valence-corrected chi connectivity index (χ4v) is 4.85. The minimum Gasteiger partial charge on any atom is -0.298 e. The van der Waals surface area contributed by atoms with Crippen LogP contribution in [0.2, 0.25) is 0 Å². The minimum absolute atomic E-state index is 0.0299. The highest BCUT2D eigenvalue weighted by Crippen LogP contribution is 2.28. The zero-order valence-electron chi connectivity index (χ0n) is 13.2. The van der Waals surface area contributed by atoms with Gasteiger partial charge in [-0.3, -0.25) is 9.80 Å². The van der Waals surface area contributed by atoms with Crippen molar-refractivity contribution in [3.63, 3.8) is 0 Å². The number of nitriles is 1. The maximum Gasteiger partial charge on any atom is 0.150 e. The molecule has 21 heavy (non-hydrogen) atoms. The van der Waals surface area contributed by atoms with E-state index in [1.165, 1.54) is 6.26 Å². The highest BCUT2D eigenvalue weighted by Gasteiger charge is 2.33. The number of piperazine rings is 1. The van der Waals surface area contributed by atoms with Crippen molar-refractivity contribution in [2.45, 2.75) is 56.4 Å². The first-order valence-corrected chi connectivity index (χ1v) is 9.97. The van der Waals surface area contributed by atoms with Crippen molar-refractivity contribution in [2.24, 2.45) is 0 Å². The SMILES string of the molecule is CCC(C#N)N1CCN(C2CCCC(S(C)(=O)=O)C2)CC1. The summed E-state index contributed by atoms with van der Waals surface area (Å²) in [6, 6.07) is 2.81. The predicted molar refractivity (Wildman–Crippen MR) is 83.7 cm³/mol. The van der Waals surface area contributed by atoms with Gasteiger partial charge < -0.3 is 0 Å². The molecule has 1 aliphatic carbocycles. The molecule has 6 heteroatoms. The second-order valence-corrected chi connectivity index (χ2v) is 8.72. The molecule has 1 saturated carbocycles. The third kappa shape index (κ3) is 4.18. The third-order valence-electron chi connectivity index (χ3n) is 5.05. The zero-order valence-corrected chi connectivity index (χ0v) is 14.0. The van der Waals surface area contributed by atoms with Gasteiger partial charge in [0.15, 0.2) is 0 Å². The summed E-state index contributed by atoms with van der Waals surface area (Å²) in [6.45, 7) is 5.81. The van der Waals surface area contributed by atoms with Crippen molar-refractivity contribution in [2.75, 3.05) is 32.4 Å². The third-order valence-corrected chi connectivity index (χ3v) is 6.68. The average molecular weight is 313 g/mol. The molecule has 0 aromatic heterocycles. The predicted octanol–water partition coefficient (Wildman–Crippen LogP) is 1.26. The van der Waals surface area contributed by atoms with E-state index in [0.717, 1.165) is 58.3 Å². The molecule has 3 unspecified atom stereocenters.